The summed E-state index contributed by atoms with van der Waals surface area (Å²) in [6.07, 6.45) is 1.72. The first kappa shape index (κ1) is 16.4. The maximum Gasteiger partial charge on any atom is 0.218 e. The van der Waals surface area contributed by atoms with Crippen LogP contribution in [-0.2, 0) is 0 Å². The summed E-state index contributed by atoms with van der Waals surface area (Å²) in [5.74, 6) is 1.41. The average molecular weight is 351 g/mol. The Balaban J connectivity index is 1.96. The number of nitrogens with one attached hydrogen (secondary N) is 1. The Morgan fingerprint density at radius 3 is 2.73 bits per heavy atom. The molecule has 26 heavy (non-hydrogen) atoms. The molecule has 0 bridgehead atoms. The molecule has 3 aromatic heterocycles. The molecule has 7 heteroatoms. The number of hydrogen-bond donors (Lipinski definition) is 1. The van der Waals surface area contributed by atoms with Crippen molar-refractivity contribution in [1.29, 1.82) is 0 Å². The van der Waals surface area contributed by atoms with Crippen molar-refractivity contribution < 1.29 is 9.26 Å². The van der Waals surface area contributed by atoms with E-state index in [9.17, 15) is 0 Å². The summed E-state index contributed by atoms with van der Waals surface area (Å²) in [5, 5.41) is 8.56. The molecule has 0 saturated carbocycles. The Labute approximate surface area is 151 Å². The van der Waals surface area contributed by atoms with E-state index in [4.69, 9.17) is 14.2 Å². The molecular weight excluding hydrogens is 330 g/mol. The predicted octanol–water partition coefficient (Wildman–Crippen LogP) is 4.06. The van der Waals surface area contributed by atoms with Crippen molar-refractivity contribution in [1.82, 2.24) is 19.5 Å². The van der Waals surface area contributed by atoms with Crippen LogP contribution in [0.5, 0.6) is 5.88 Å². The largest absolute Gasteiger partial charge is 0.481 e. The van der Waals surface area contributed by atoms with Gasteiger partial charge >= 0.3 is 0 Å². The van der Waals surface area contributed by atoms with Crippen LogP contribution in [0.25, 0.3) is 27.9 Å². The van der Waals surface area contributed by atoms with Gasteiger partial charge in [0, 0.05) is 22.6 Å². The van der Waals surface area contributed by atoms with E-state index < -0.39 is 0 Å². The van der Waals surface area contributed by atoms with Crippen LogP contribution >= 0.6 is 0 Å². The molecule has 4 aromatic rings. The molecule has 1 N–H and O–H groups in total. The molecule has 1 aromatic carbocycles. The zero-order valence-corrected chi connectivity index (χ0v) is 15.5. The van der Waals surface area contributed by atoms with E-state index in [0.29, 0.717) is 5.88 Å². The number of hydrogen-bond acceptors (Lipinski definition) is 6. The van der Waals surface area contributed by atoms with Gasteiger partial charge in [0.15, 0.2) is 5.58 Å². The lowest BCUT2D eigenvalue weighted by Crippen LogP contribution is -2.27. The number of imidazole rings is 1. The minimum absolute atomic E-state index is 0.137. The number of fused-ring (bicyclic) bond motifs is 2. The van der Waals surface area contributed by atoms with Crippen molar-refractivity contribution in [3.05, 3.63) is 36.3 Å². The first-order valence-electron chi connectivity index (χ1n) is 8.42. The number of nitrogens with zero attached hydrogens (tertiary/aromatic N) is 4. The van der Waals surface area contributed by atoms with E-state index in [1.165, 1.54) is 0 Å². The molecule has 0 amide bonds. The minimum atomic E-state index is -0.137. The minimum Gasteiger partial charge on any atom is -0.481 e. The topological polar surface area (TPSA) is 77.5 Å². The van der Waals surface area contributed by atoms with Crippen LogP contribution in [0.1, 0.15) is 26.5 Å². The molecule has 0 radical (unpaired) electrons. The summed E-state index contributed by atoms with van der Waals surface area (Å²) < 4.78 is 12.5. The number of aromatic nitrogens is 4. The molecule has 0 aliphatic rings. The summed E-state index contributed by atoms with van der Waals surface area (Å²) in [7, 11) is 1.60. The smallest absolute Gasteiger partial charge is 0.218 e. The highest BCUT2D eigenvalue weighted by atomic mass is 16.5. The van der Waals surface area contributed by atoms with E-state index in [1.54, 1.807) is 13.4 Å². The third-order valence-electron chi connectivity index (χ3n) is 4.12. The van der Waals surface area contributed by atoms with Gasteiger partial charge in [-0.25, -0.2) is 9.97 Å². The fourth-order valence-corrected chi connectivity index (χ4v) is 2.93. The number of benzene rings is 1. The first-order chi connectivity index (χ1) is 12.4. The van der Waals surface area contributed by atoms with Crippen LogP contribution < -0.4 is 10.1 Å². The van der Waals surface area contributed by atoms with E-state index in [0.717, 1.165) is 39.4 Å². The van der Waals surface area contributed by atoms with Crippen molar-refractivity contribution in [2.45, 2.75) is 33.2 Å². The fraction of sp³-hybridized carbons (Fsp3) is 0.316. The van der Waals surface area contributed by atoms with Gasteiger partial charge in [0.1, 0.15) is 23.5 Å². The summed E-state index contributed by atoms with van der Waals surface area (Å²) in [4.78, 5) is 9.14. The van der Waals surface area contributed by atoms with E-state index in [1.807, 2.05) is 29.5 Å². The molecule has 4 rings (SSSR count). The van der Waals surface area contributed by atoms with Crippen molar-refractivity contribution in [2.75, 3.05) is 12.4 Å². The van der Waals surface area contributed by atoms with Crippen LogP contribution in [0.3, 0.4) is 0 Å². The standard InChI is InChI=1S/C19H21N5O2/c1-11-13-8-12(6-7-14(13)26-23-11)17-18(22-19(2,3)4)24-10-20-16(25-5)9-15(24)21-17/h6-10,22H,1-5H3. The molecule has 0 aliphatic heterocycles. The fourth-order valence-electron chi connectivity index (χ4n) is 2.93. The van der Waals surface area contributed by atoms with Gasteiger partial charge in [-0.3, -0.25) is 4.40 Å². The van der Waals surface area contributed by atoms with Crippen LogP contribution in [-0.4, -0.2) is 32.2 Å². The molecule has 0 unspecified atom stereocenters. The van der Waals surface area contributed by atoms with Gasteiger partial charge in [-0.05, 0) is 45.9 Å². The lowest BCUT2D eigenvalue weighted by molar-refractivity contribution is 0.397. The number of methoxy groups -OCH3 is 1. The Morgan fingerprint density at radius 1 is 1.19 bits per heavy atom. The van der Waals surface area contributed by atoms with Crippen LogP contribution in [0, 0.1) is 6.92 Å². The highest BCUT2D eigenvalue weighted by Crippen LogP contribution is 2.33. The summed E-state index contributed by atoms with van der Waals surface area (Å²) in [6.45, 7) is 8.27. The highest BCUT2D eigenvalue weighted by molar-refractivity contribution is 5.87. The molecular formula is C19H21N5O2. The third-order valence-corrected chi connectivity index (χ3v) is 4.12. The van der Waals surface area contributed by atoms with Gasteiger partial charge in [-0.2, -0.15) is 0 Å². The second kappa shape index (κ2) is 5.72. The second-order valence-electron chi connectivity index (χ2n) is 7.32. The lowest BCUT2D eigenvalue weighted by atomic mass is 10.1. The van der Waals surface area contributed by atoms with Gasteiger partial charge < -0.3 is 14.6 Å². The summed E-state index contributed by atoms with van der Waals surface area (Å²) in [6, 6.07) is 7.80. The summed E-state index contributed by atoms with van der Waals surface area (Å²) in [5.41, 5.74) is 4.08. The van der Waals surface area contributed by atoms with Crippen molar-refractivity contribution in [2.24, 2.45) is 0 Å². The predicted molar refractivity (Wildman–Crippen MR) is 101 cm³/mol. The Morgan fingerprint density at radius 2 is 2.00 bits per heavy atom. The van der Waals surface area contributed by atoms with Crippen LogP contribution in [0.2, 0.25) is 0 Å². The quantitative estimate of drug-likeness (QED) is 0.600. The molecule has 0 atom stereocenters. The van der Waals surface area contributed by atoms with Gasteiger partial charge in [-0.15, -0.1) is 0 Å². The third kappa shape index (κ3) is 2.75. The first-order valence-corrected chi connectivity index (χ1v) is 8.42. The Hall–Kier alpha value is -3.09. The van der Waals surface area contributed by atoms with Crippen molar-refractivity contribution >= 4 is 22.4 Å². The molecule has 0 aliphatic carbocycles. The molecule has 7 nitrogen and oxygen atoms in total. The maximum absolute atomic E-state index is 5.32. The molecule has 0 spiro atoms. The number of anilines is 1. The average Bonchev–Trinajstić information content (AvgIpc) is 3.14. The molecule has 0 saturated heterocycles. The van der Waals surface area contributed by atoms with E-state index >= 15 is 0 Å². The monoisotopic (exact) mass is 351 g/mol. The second-order valence-corrected chi connectivity index (χ2v) is 7.32. The molecule has 134 valence electrons. The SMILES string of the molecule is COc1cc2nc(-c3ccc4onc(C)c4c3)c(NC(C)(C)C)n2cn1. The lowest BCUT2D eigenvalue weighted by Gasteiger charge is -2.22. The van der Waals surface area contributed by atoms with E-state index in [-0.39, 0.29) is 5.54 Å². The van der Waals surface area contributed by atoms with Crippen LogP contribution in [0.4, 0.5) is 5.82 Å². The molecule has 3 heterocycles. The van der Waals surface area contributed by atoms with Gasteiger partial charge in [-0.1, -0.05) is 5.16 Å². The zero-order valence-electron chi connectivity index (χ0n) is 15.5. The van der Waals surface area contributed by atoms with Gasteiger partial charge in [0.25, 0.3) is 0 Å². The van der Waals surface area contributed by atoms with Gasteiger partial charge in [0.2, 0.25) is 5.88 Å². The molecule has 0 fully saturated rings. The summed E-state index contributed by atoms with van der Waals surface area (Å²) >= 11 is 0. The van der Waals surface area contributed by atoms with Crippen molar-refractivity contribution in [3.8, 4) is 17.1 Å². The highest BCUT2D eigenvalue weighted by Gasteiger charge is 2.20. The zero-order chi connectivity index (χ0) is 18.5. The number of aryl methyl sites for hydroxylation is 1. The normalized spacial score (nSPS) is 12.0. The Bertz CT molecular complexity index is 1100. The number of rotatable bonds is 3. The Kier molecular flexibility index (Phi) is 3.61. The number of ether oxygens (including phenoxy) is 1. The van der Waals surface area contributed by atoms with E-state index in [2.05, 4.69) is 42.3 Å². The van der Waals surface area contributed by atoms with Crippen LogP contribution in [0.15, 0.2) is 35.1 Å². The van der Waals surface area contributed by atoms with Crippen molar-refractivity contribution in [3.63, 3.8) is 0 Å². The van der Waals surface area contributed by atoms with Gasteiger partial charge in [0.05, 0.1) is 12.8 Å². The maximum atomic E-state index is 5.32.